The molecule has 3 aromatic rings. The molecule has 0 bridgehead atoms. The third-order valence-corrected chi connectivity index (χ3v) is 8.79. The van der Waals surface area contributed by atoms with Gasteiger partial charge in [0.1, 0.15) is 16.4 Å². The van der Waals surface area contributed by atoms with E-state index >= 15 is 0 Å². The van der Waals surface area contributed by atoms with Gasteiger partial charge in [0, 0.05) is 43.2 Å². The molecule has 2 heterocycles. The molecule has 0 unspecified atom stereocenters. The van der Waals surface area contributed by atoms with Gasteiger partial charge < -0.3 is 28.6 Å². The molecule has 4 rings (SSSR count). The Morgan fingerprint density at radius 3 is 2.00 bits per heavy atom. The van der Waals surface area contributed by atoms with Gasteiger partial charge in [0.05, 0.1) is 41.2 Å². The standard InChI is InChI=1S/C24H29N3O7S2/c1-30-17-6-7-22(19(14-17)31-2)36(28,29)27-10-8-26(9-11-27)24-25-18(15-35-24)16-12-20(32-3)23(34-5)21(13-16)33-4/h6-7,12-15H,8-11H2,1-5H3. The molecule has 36 heavy (non-hydrogen) atoms. The van der Waals surface area contributed by atoms with E-state index in [1.54, 1.807) is 33.5 Å². The minimum Gasteiger partial charge on any atom is -0.497 e. The molecule has 1 saturated heterocycles. The number of sulfonamides is 1. The molecule has 12 heteroatoms. The lowest BCUT2D eigenvalue weighted by atomic mass is 10.1. The smallest absolute Gasteiger partial charge is 0.246 e. The Labute approximate surface area is 215 Å². The molecule has 2 aromatic carbocycles. The summed E-state index contributed by atoms with van der Waals surface area (Å²) in [4.78, 5) is 7.00. The minimum atomic E-state index is -3.73. The molecule has 0 N–H and O–H groups in total. The van der Waals surface area contributed by atoms with Gasteiger partial charge >= 0.3 is 0 Å². The normalized spacial score (nSPS) is 14.4. The van der Waals surface area contributed by atoms with Gasteiger partial charge in [-0.05, 0) is 24.3 Å². The summed E-state index contributed by atoms with van der Waals surface area (Å²) in [6.07, 6.45) is 0. The molecule has 194 valence electrons. The first-order chi connectivity index (χ1) is 17.4. The van der Waals surface area contributed by atoms with Crippen LogP contribution >= 0.6 is 11.3 Å². The maximum Gasteiger partial charge on any atom is 0.246 e. The van der Waals surface area contributed by atoms with Gasteiger partial charge in [-0.15, -0.1) is 11.3 Å². The number of rotatable bonds is 9. The van der Waals surface area contributed by atoms with E-state index in [-0.39, 0.29) is 10.6 Å². The maximum absolute atomic E-state index is 13.3. The molecule has 0 aliphatic carbocycles. The molecular formula is C24H29N3O7S2. The quantitative estimate of drug-likeness (QED) is 0.408. The predicted octanol–water partition coefficient (Wildman–Crippen LogP) is 3.36. The molecule has 1 aliphatic rings. The number of anilines is 1. The fourth-order valence-electron chi connectivity index (χ4n) is 4.02. The first-order valence-corrected chi connectivity index (χ1v) is 13.4. The van der Waals surface area contributed by atoms with Crippen LogP contribution in [-0.2, 0) is 10.0 Å². The van der Waals surface area contributed by atoms with Crippen LogP contribution in [0.25, 0.3) is 11.3 Å². The van der Waals surface area contributed by atoms with Gasteiger partial charge in [-0.2, -0.15) is 4.31 Å². The van der Waals surface area contributed by atoms with E-state index in [2.05, 4.69) is 4.90 Å². The van der Waals surface area contributed by atoms with Crippen molar-refractivity contribution in [2.75, 3.05) is 66.6 Å². The minimum absolute atomic E-state index is 0.123. The molecule has 1 fully saturated rings. The Morgan fingerprint density at radius 1 is 0.806 bits per heavy atom. The largest absolute Gasteiger partial charge is 0.497 e. The highest BCUT2D eigenvalue weighted by atomic mass is 32.2. The van der Waals surface area contributed by atoms with Gasteiger partial charge in [0.2, 0.25) is 15.8 Å². The van der Waals surface area contributed by atoms with E-state index in [9.17, 15) is 8.42 Å². The van der Waals surface area contributed by atoms with Crippen molar-refractivity contribution in [1.82, 2.24) is 9.29 Å². The van der Waals surface area contributed by atoms with E-state index < -0.39 is 10.0 Å². The van der Waals surface area contributed by atoms with Crippen LogP contribution in [0.1, 0.15) is 0 Å². The van der Waals surface area contributed by atoms with Crippen LogP contribution < -0.4 is 28.6 Å². The van der Waals surface area contributed by atoms with Crippen molar-refractivity contribution in [3.63, 3.8) is 0 Å². The molecule has 0 radical (unpaired) electrons. The van der Waals surface area contributed by atoms with Crippen molar-refractivity contribution in [1.29, 1.82) is 0 Å². The number of hydrogen-bond acceptors (Lipinski definition) is 10. The summed E-state index contributed by atoms with van der Waals surface area (Å²) in [7, 11) is 3.95. The van der Waals surface area contributed by atoms with E-state index in [0.29, 0.717) is 49.2 Å². The second kappa shape index (κ2) is 10.8. The lowest BCUT2D eigenvalue weighted by molar-refractivity contribution is 0.324. The molecular weight excluding hydrogens is 506 g/mol. The Hall–Kier alpha value is -3.22. The van der Waals surface area contributed by atoms with Crippen molar-refractivity contribution in [2.45, 2.75) is 4.90 Å². The average molecular weight is 536 g/mol. The monoisotopic (exact) mass is 535 g/mol. The number of piperazine rings is 1. The van der Waals surface area contributed by atoms with E-state index in [4.69, 9.17) is 28.7 Å². The molecule has 10 nitrogen and oxygen atoms in total. The van der Waals surface area contributed by atoms with Crippen LogP contribution in [0.4, 0.5) is 5.13 Å². The summed E-state index contributed by atoms with van der Waals surface area (Å²) in [5.74, 6) is 2.40. The summed E-state index contributed by atoms with van der Waals surface area (Å²) >= 11 is 1.50. The fourth-order valence-corrected chi connectivity index (χ4v) is 6.47. The summed E-state index contributed by atoms with van der Waals surface area (Å²) in [6, 6.07) is 8.42. The van der Waals surface area contributed by atoms with Crippen molar-refractivity contribution in [2.24, 2.45) is 0 Å². The zero-order valence-corrected chi connectivity index (χ0v) is 22.4. The molecule has 1 aliphatic heterocycles. The van der Waals surface area contributed by atoms with Crippen LogP contribution in [0.15, 0.2) is 40.6 Å². The van der Waals surface area contributed by atoms with Crippen molar-refractivity contribution < 1.29 is 32.1 Å². The van der Waals surface area contributed by atoms with Gasteiger partial charge in [0.25, 0.3) is 0 Å². The average Bonchev–Trinajstić information content (AvgIpc) is 3.42. The van der Waals surface area contributed by atoms with Gasteiger partial charge in [-0.1, -0.05) is 0 Å². The van der Waals surface area contributed by atoms with Gasteiger partial charge in [0.15, 0.2) is 16.6 Å². The SMILES string of the molecule is COc1ccc(S(=O)(=O)N2CCN(c3nc(-c4cc(OC)c(OC)c(OC)c4)cs3)CC2)c(OC)c1. The van der Waals surface area contributed by atoms with E-state index in [1.807, 2.05) is 17.5 Å². The number of ether oxygens (including phenoxy) is 5. The number of aromatic nitrogens is 1. The molecule has 0 spiro atoms. The van der Waals surface area contributed by atoms with Crippen LogP contribution in [0.3, 0.4) is 0 Å². The van der Waals surface area contributed by atoms with Crippen LogP contribution in [-0.4, -0.2) is 79.4 Å². The Bertz CT molecular complexity index is 1290. The zero-order valence-electron chi connectivity index (χ0n) is 20.8. The molecule has 0 amide bonds. The van der Waals surface area contributed by atoms with E-state index in [1.165, 1.54) is 35.9 Å². The summed E-state index contributed by atoms with van der Waals surface area (Å²) in [5, 5.41) is 2.78. The van der Waals surface area contributed by atoms with Crippen LogP contribution in [0.2, 0.25) is 0 Å². The van der Waals surface area contributed by atoms with Gasteiger partial charge in [-0.25, -0.2) is 13.4 Å². The highest BCUT2D eigenvalue weighted by Crippen LogP contribution is 2.42. The zero-order chi connectivity index (χ0) is 25.9. The number of hydrogen-bond donors (Lipinski definition) is 0. The summed E-state index contributed by atoms with van der Waals surface area (Å²) in [5.41, 5.74) is 1.60. The third kappa shape index (κ3) is 4.88. The first kappa shape index (κ1) is 25.9. The van der Waals surface area contributed by atoms with Crippen molar-refractivity contribution in [3.05, 3.63) is 35.7 Å². The Balaban J connectivity index is 1.50. The van der Waals surface area contributed by atoms with Crippen LogP contribution in [0.5, 0.6) is 28.7 Å². The summed E-state index contributed by atoms with van der Waals surface area (Å²) in [6.45, 7) is 1.69. The predicted molar refractivity (Wildman–Crippen MR) is 138 cm³/mol. The molecule has 0 saturated carbocycles. The lowest BCUT2D eigenvalue weighted by Crippen LogP contribution is -2.48. The number of thiazole rings is 1. The van der Waals surface area contributed by atoms with Crippen molar-refractivity contribution in [3.8, 4) is 40.0 Å². The van der Waals surface area contributed by atoms with Gasteiger partial charge in [-0.3, -0.25) is 0 Å². The third-order valence-electron chi connectivity index (χ3n) is 5.95. The molecule has 1 aromatic heterocycles. The topological polar surface area (TPSA) is 99.7 Å². The van der Waals surface area contributed by atoms with Crippen molar-refractivity contribution >= 4 is 26.5 Å². The maximum atomic E-state index is 13.3. The second-order valence-corrected chi connectivity index (χ2v) is 10.6. The fraction of sp³-hybridized carbons (Fsp3) is 0.375. The van der Waals surface area contributed by atoms with E-state index in [0.717, 1.165) is 16.4 Å². The number of nitrogens with zero attached hydrogens (tertiary/aromatic N) is 3. The highest BCUT2D eigenvalue weighted by molar-refractivity contribution is 7.89. The second-order valence-electron chi connectivity index (χ2n) is 7.84. The lowest BCUT2D eigenvalue weighted by Gasteiger charge is -2.34. The summed E-state index contributed by atoms with van der Waals surface area (Å²) < 4.78 is 54.9. The highest BCUT2D eigenvalue weighted by Gasteiger charge is 2.32. The van der Waals surface area contributed by atoms with Crippen LogP contribution in [0, 0.1) is 0 Å². The first-order valence-electron chi connectivity index (χ1n) is 11.1. The Morgan fingerprint density at radius 2 is 1.44 bits per heavy atom. The number of benzene rings is 2. The molecule has 0 atom stereocenters. The number of methoxy groups -OCH3 is 5. The Kier molecular flexibility index (Phi) is 7.76.